The number of hydrogen-bond donors (Lipinski definition) is 1. The van der Waals surface area contributed by atoms with E-state index < -0.39 is 17.3 Å². The van der Waals surface area contributed by atoms with Crippen LogP contribution in [0, 0.1) is 0 Å². The zero-order valence-electron chi connectivity index (χ0n) is 15.6. The van der Waals surface area contributed by atoms with Gasteiger partial charge in [-0.1, -0.05) is 30.3 Å². The van der Waals surface area contributed by atoms with Crippen molar-refractivity contribution >= 4 is 6.09 Å². The predicted molar refractivity (Wildman–Crippen MR) is 96.1 cm³/mol. The molecule has 0 radical (unpaired) electrons. The van der Waals surface area contributed by atoms with Crippen molar-refractivity contribution in [1.82, 2.24) is 10.2 Å². The molecule has 2 saturated heterocycles. The van der Waals surface area contributed by atoms with Crippen molar-refractivity contribution in [2.24, 2.45) is 0 Å². The van der Waals surface area contributed by atoms with Crippen LogP contribution in [0.2, 0.25) is 0 Å². The third-order valence-corrected chi connectivity index (χ3v) is 5.37. The van der Waals surface area contributed by atoms with Gasteiger partial charge >= 0.3 is 6.09 Å². The molecule has 4 nitrogen and oxygen atoms in total. The molecule has 1 aromatic carbocycles. The summed E-state index contributed by atoms with van der Waals surface area (Å²) in [6.45, 7) is 8.03. The first-order chi connectivity index (χ1) is 11.7. The SMILES string of the molecule is CC(C)(C)OC(=O)N1[C@@H]2CC[C@@]1(C)[C@H](F)[C@H](NCc1ccccc1)C2. The van der Waals surface area contributed by atoms with Gasteiger partial charge < -0.3 is 10.1 Å². The zero-order chi connectivity index (χ0) is 18.2. The van der Waals surface area contributed by atoms with Crippen LogP contribution in [-0.2, 0) is 11.3 Å². The van der Waals surface area contributed by atoms with Gasteiger partial charge in [-0.2, -0.15) is 0 Å². The van der Waals surface area contributed by atoms with Crippen LogP contribution in [0.15, 0.2) is 30.3 Å². The molecule has 2 aliphatic heterocycles. The normalized spacial score (nSPS) is 31.9. The number of hydrogen-bond acceptors (Lipinski definition) is 3. The summed E-state index contributed by atoms with van der Waals surface area (Å²) < 4.78 is 20.9. The summed E-state index contributed by atoms with van der Waals surface area (Å²) in [5.74, 6) is 0. The van der Waals surface area contributed by atoms with E-state index in [0.29, 0.717) is 19.4 Å². The number of halogens is 1. The highest BCUT2D eigenvalue weighted by Crippen LogP contribution is 2.46. The van der Waals surface area contributed by atoms with Crippen molar-refractivity contribution in [1.29, 1.82) is 0 Å². The Morgan fingerprint density at radius 1 is 1.36 bits per heavy atom. The smallest absolute Gasteiger partial charge is 0.411 e. The molecule has 0 unspecified atom stereocenters. The maximum atomic E-state index is 15.4. The maximum absolute atomic E-state index is 15.4. The van der Waals surface area contributed by atoms with E-state index in [0.717, 1.165) is 12.0 Å². The molecule has 1 N–H and O–H groups in total. The summed E-state index contributed by atoms with van der Waals surface area (Å²) >= 11 is 0. The van der Waals surface area contributed by atoms with Crippen molar-refractivity contribution < 1.29 is 13.9 Å². The standard InChI is InChI=1S/C20H29FN2O2/c1-19(2,3)25-18(24)23-15-10-11-20(23,4)17(21)16(12-15)22-13-14-8-6-5-7-9-14/h5-9,15-17,22H,10-13H2,1-4H3/t15-,16-,17-,20+/m1/s1. The summed E-state index contributed by atoms with van der Waals surface area (Å²) in [6, 6.07) is 9.82. The quantitative estimate of drug-likeness (QED) is 0.896. The van der Waals surface area contributed by atoms with Gasteiger partial charge in [0.1, 0.15) is 11.8 Å². The molecule has 0 aliphatic carbocycles. The topological polar surface area (TPSA) is 41.6 Å². The molecule has 2 heterocycles. The van der Waals surface area contributed by atoms with Crippen LogP contribution in [0.5, 0.6) is 0 Å². The number of nitrogens with zero attached hydrogens (tertiary/aromatic N) is 1. The number of benzene rings is 1. The van der Waals surface area contributed by atoms with Gasteiger partial charge in [0.25, 0.3) is 0 Å². The largest absolute Gasteiger partial charge is 0.444 e. The van der Waals surface area contributed by atoms with Crippen LogP contribution in [0.3, 0.4) is 0 Å². The number of ether oxygens (including phenoxy) is 1. The van der Waals surface area contributed by atoms with E-state index in [9.17, 15) is 4.79 Å². The Kier molecular flexibility index (Phi) is 4.80. The van der Waals surface area contributed by atoms with Crippen LogP contribution in [-0.4, -0.2) is 40.4 Å². The lowest BCUT2D eigenvalue weighted by Gasteiger charge is -2.48. The van der Waals surface area contributed by atoms with Gasteiger partial charge in [-0.15, -0.1) is 0 Å². The molecular weight excluding hydrogens is 319 g/mol. The number of fused-ring (bicyclic) bond motifs is 2. The molecule has 25 heavy (non-hydrogen) atoms. The number of carbonyl (C=O) groups is 1. The molecule has 2 bridgehead atoms. The monoisotopic (exact) mass is 348 g/mol. The zero-order valence-corrected chi connectivity index (χ0v) is 15.6. The van der Waals surface area contributed by atoms with Gasteiger partial charge in [-0.3, -0.25) is 4.90 Å². The Labute approximate surface area is 149 Å². The number of carbonyl (C=O) groups excluding carboxylic acids is 1. The van der Waals surface area contributed by atoms with E-state index in [4.69, 9.17) is 4.74 Å². The van der Waals surface area contributed by atoms with Crippen molar-refractivity contribution in [3.63, 3.8) is 0 Å². The second-order valence-corrected chi connectivity index (χ2v) is 8.51. The number of amides is 1. The third kappa shape index (κ3) is 3.66. The van der Waals surface area contributed by atoms with E-state index in [-0.39, 0.29) is 18.2 Å². The summed E-state index contributed by atoms with van der Waals surface area (Å²) in [4.78, 5) is 14.3. The molecule has 2 fully saturated rings. The fourth-order valence-electron chi connectivity index (χ4n) is 4.17. The Morgan fingerprint density at radius 2 is 2.04 bits per heavy atom. The van der Waals surface area contributed by atoms with Crippen LogP contribution >= 0.6 is 0 Å². The molecule has 3 rings (SSSR count). The molecular formula is C20H29FN2O2. The average molecular weight is 348 g/mol. The van der Waals surface area contributed by atoms with Gasteiger partial charge in [0.2, 0.25) is 0 Å². The van der Waals surface area contributed by atoms with E-state index >= 15 is 4.39 Å². The van der Waals surface area contributed by atoms with Crippen LogP contribution in [0.25, 0.3) is 0 Å². The first-order valence-corrected chi connectivity index (χ1v) is 9.14. The van der Waals surface area contributed by atoms with Gasteiger partial charge in [0.15, 0.2) is 0 Å². The highest BCUT2D eigenvalue weighted by atomic mass is 19.1. The number of alkyl halides is 1. The fourth-order valence-corrected chi connectivity index (χ4v) is 4.17. The molecule has 0 aromatic heterocycles. The first kappa shape index (κ1) is 18.2. The average Bonchev–Trinajstić information content (AvgIpc) is 2.81. The van der Waals surface area contributed by atoms with Gasteiger partial charge in [0.05, 0.1) is 5.54 Å². The highest BCUT2D eigenvalue weighted by molar-refractivity contribution is 5.70. The van der Waals surface area contributed by atoms with Crippen molar-refractivity contribution in [3.8, 4) is 0 Å². The van der Waals surface area contributed by atoms with Crippen LogP contribution in [0.1, 0.15) is 52.5 Å². The molecule has 1 amide bonds. The minimum absolute atomic E-state index is 0.0418. The molecule has 5 heteroatoms. The lowest BCUT2D eigenvalue weighted by Crippen LogP contribution is -2.65. The summed E-state index contributed by atoms with van der Waals surface area (Å²) in [5.41, 5.74) is -0.220. The maximum Gasteiger partial charge on any atom is 0.411 e. The van der Waals surface area contributed by atoms with E-state index in [1.807, 2.05) is 58.0 Å². The summed E-state index contributed by atoms with van der Waals surface area (Å²) in [7, 11) is 0. The first-order valence-electron chi connectivity index (χ1n) is 9.14. The highest BCUT2D eigenvalue weighted by Gasteiger charge is 2.58. The molecule has 1 aromatic rings. The minimum atomic E-state index is -1.11. The van der Waals surface area contributed by atoms with Crippen molar-refractivity contribution in [3.05, 3.63) is 35.9 Å². The molecule has 0 spiro atoms. The molecule has 4 atom stereocenters. The number of rotatable bonds is 3. The third-order valence-electron chi connectivity index (χ3n) is 5.37. The summed E-state index contributed by atoms with van der Waals surface area (Å²) in [5, 5.41) is 3.37. The number of nitrogens with one attached hydrogen (secondary N) is 1. The van der Waals surface area contributed by atoms with Gasteiger partial charge in [0, 0.05) is 18.6 Å². The Morgan fingerprint density at radius 3 is 2.68 bits per heavy atom. The lowest BCUT2D eigenvalue weighted by molar-refractivity contribution is -0.0459. The lowest BCUT2D eigenvalue weighted by atomic mass is 9.85. The summed E-state index contributed by atoms with van der Waals surface area (Å²) in [6.07, 6.45) is 0.647. The Hall–Kier alpha value is -1.62. The number of piperidine rings is 1. The minimum Gasteiger partial charge on any atom is -0.444 e. The molecule has 0 saturated carbocycles. The Bertz CT molecular complexity index is 616. The second kappa shape index (κ2) is 6.60. The van der Waals surface area contributed by atoms with Crippen molar-refractivity contribution in [2.45, 2.75) is 82.9 Å². The van der Waals surface area contributed by atoms with Crippen molar-refractivity contribution in [2.75, 3.05) is 0 Å². The van der Waals surface area contributed by atoms with E-state index in [1.165, 1.54) is 0 Å². The van der Waals surface area contributed by atoms with Gasteiger partial charge in [-0.25, -0.2) is 9.18 Å². The molecule has 2 aliphatic rings. The predicted octanol–water partition coefficient (Wildman–Crippen LogP) is 4.04. The van der Waals surface area contributed by atoms with E-state index in [1.54, 1.807) is 4.90 Å². The fraction of sp³-hybridized carbons (Fsp3) is 0.650. The second-order valence-electron chi connectivity index (χ2n) is 8.51. The van der Waals surface area contributed by atoms with Crippen LogP contribution in [0.4, 0.5) is 9.18 Å². The molecule has 138 valence electrons. The van der Waals surface area contributed by atoms with Gasteiger partial charge in [-0.05, 0) is 52.5 Å². The van der Waals surface area contributed by atoms with Crippen LogP contribution < -0.4 is 5.32 Å². The van der Waals surface area contributed by atoms with E-state index in [2.05, 4.69) is 5.32 Å². The Balaban J connectivity index is 1.70.